The maximum Gasteiger partial charge on any atom is 0.345 e. The third-order valence-electron chi connectivity index (χ3n) is 3.39. The number of carboxylic acids is 1. The molecule has 1 saturated carbocycles. The molecule has 0 saturated heterocycles. The van der Waals surface area contributed by atoms with Crippen LogP contribution in [-0.4, -0.2) is 46.2 Å². The van der Waals surface area contributed by atoms with Gasteiger partial charge in [0.2, 0.25) is 0 Å². The van der Waals surface area contributed by atoms with Gasteiger partial charge in [-0.1, -0.05) is 12.8 Å². The van der Waals surface area contributed by atoms with Crippen LogP contribution in [0.3, 0.4) is 0 Å². The van der Waals surface area contributed by atoms with E-state index in [1.165, 1.54) is 6.07 Å². The topological polar surface area (TPSA) is 77.8 Å². The van der Waals surface area contributed by atoms with Crippen LogP contribution in [0.25, 0.3) is 0 Å². The van der Waals surface area contributed by atoms with Crippen molar-refractivity contribution >= 4 is 23.2 Å². The predicted molar refractivity (Wildman–Crippen MR) is 71.7 cm³/mol. The Morgan fingerprint density at radius 2 is 1.89 bits per heavy atom. The Hall–Kier alpha value is -1.40. The Balaban J connectivity index is 2.15. The molecule has 0 unspecified atom stereocenters. The van der Waals surface area contributed by atoms with E-state index in [2.05, 4.69) is 0 Å². The third-order valence-corrected chi connectivity index (χ3v) is 4.46. The molecule has 5 nitrogen and oxygen atoms in total. The van der Waals surface area contributed by atoms with Crippen LogP contribution in [0.1, 0.15) is 45.0 Å². The first-order chi connectivity index (χ1) is 9.13. The smallest absolute Gasteiger partial charge is 0.345 e. The Morgan fingerprint density at radius 3 is 2.42 bits per heavy atom. The Labute approximate surface area is 115 Å². The number of aliphatic hydroxyl groups is 1. The van der Waals surface area contributed by atoms with Gasteiger partial charge in [0.1, 0.15) is 4.88 Å². The van der Waals surface area contributed by atoms with Crippen LogP contribution in [0.15, 0.2) is 12.1 Å². The first-order valence-electron chi connectivity index (χ1n) is 6.38. The van der Waals surface area contributed by atoms with Crippen LogP contribution < -0.4 is 0 Å². The number of hydrogen-bond acceptors (Lipinski definition) is 4. The van der Waals surface area contributed by atoms with Gasteiger partial charge in [-0.2, -0.15) is 0 Å². The molecule has 6 heteroatoms. The molecule has 104 valence electrons. The highest BCUT2D eigenvalue weighted by atomic mass is 32.1. The number of aliphatic hydroxyl groups excluding tert-OH is 1. The normalized spacial score (nSPS) is 15.6. The van der Waals surface area contributed by atoms with Crippen LogP contribution in [0.2, 0.25) is 0 Å². The lowest BCUT2D eigenvalue weighted by atomic mass is 10.2. The molecule has 19 heavy (non-hydrogen) atoms. The zero-order chi connectivity index (χ0) is 13.8. The highest BCUT2D eigenvalue weighted by molar-refractivity contribution is 7.15. The number of thiophene rings is 1. The highest BCUT2D eigenvalue weighted by Crippen LogP contribution is 2.26. The number of aromatic carboxylic acids is 1. The molecule has 1 aromatic heterocycles. The third kappa shape index (κ3) is 3.13. The summed E-state index contributed by atoms with van der Waals surface area (Å²) in [6.07, 6.45) is 4.13. The molecule has 2 N–H and O–H groups in total. The lowest BCUT2D eigenvalue weighted by Gasteiger charge is -2.27. The second-order valence-corrected chi connectivity index (χ2v) is 5.71. The fraction of sp³-hybridized carbons (Fsp3) is 0.538. The van der Waals surface area contributed by atoms with Gasteiger partial charge in [0.15, 0.2) is 0 Å². The minimum atomic E-state index is -1.02. The molecule has 1 amide bonds. The largest absolute Gasteiger partial charge is 0.477 e. The number of nitrogens with zero attached hydrogens (tertiary/aromatic N) is 1. The van der Waals surface area contributed by atoms with Crippen LogP contribution >= 0.6 is 11.3 Å². The van der Waals surface area contributed by atoms with Crippen molar-refractivity contribution in [3.05, 3.63) is 21.9 Å². The van der Waals surface area contributed by atoms with Crippen molar-refractivity contribution in [2.75, 3.05) is 13.2 Å². The Kier molecular flexibility index (Phi) is 4.55. The molecule has 0 aromatic carbocycles. The fourth-order valence-corrected chi connectivity index (χ4v) is 3.28. The average Bonchev–Trinajstić information content (AvgIpc) is 3.05. The average molecular weight is 283 g/mol. The minimum Gasteiger partial charge on any atom is -0.477 e. The van der Waals surface area contributed by atoms with Crippen LogP contribution in [0, 0.1) is 0 Å². The summed E-state index contributed by atoms with van der Waals surface area (Å²) in [7, 11) is 0. The SMILES string of the molecule is O=C(O)c1ccc(C(=O)N(CCO)C2CCCC2)s1. The van der Waals surface area contributed by atoms with Crippen LogP contribution in [-0.2, 0) is 0 Å². The van der Waals surface area contributed by atoms with Gasteiger partial charge in [0.05, 0.1) is 11.5 Å². The van der Waals surface area contributed by atoms with Gasteiger partial charge in [-0.3, -0.25) is 4.79 Å². The van der Waals surface area contributed by atoms with E-state index in [4.69, 9.17) is 10.2 Å². The molecule has 0 bridgehead atoms. The highest BCUT2D eigenvalue weighted by Gasteiger charge is 2.28. The number of carbonyl (C=O) groups excluding carboxylic acids is 1. The van der Waals surface area contributed by atoms with Gasteiger partial charge in [-0.05, 0) is 25.0 Å². The molecule has 2 rings (SSSR count). The number of carboxylic acid groups (broad SMARTS) is 1. The van der Waals surface area contributed by atoms with E-state index in [1.807, 2.05) is 0 Å². The molecular formula is C13H17NO4S. The molecule has 1 aliphatic carbocycles. The maximum absolute atomic E-state index is 12.4. The summed E-state index contributed by atoms with van der Waals surface area (Å²) in [6, 6.07) is 3.18. The van der Waals surface area contributed by atoms with Crippen molar-refractivity contribution in [2.45, 2.75) is 31.7 Å². The first kappa shape index (κ1) is 14.0. The second kappa shape index (κ2) is 6.16. The first-order valence-corrected chi connectivity index (χ1v) is 7.20. The summed E-state index contributed by atoms with van der Waals surface area (Å²) < 4.78 is 0. The number of carbonyl (C=O) groups is 2. The maximum atomic E-state index is 12.4. The van der Waals surface area contributed by atoms with E-state index in [1.54, 1.807) is 11.0 Å². The molecule has 1 aliphatic rings. The fourth-order valence-electron chi connectivity index (χ4n) is 2.48. The minimum absolute atomic E-state index is 0.0700. The Morgan fingerprint density at radius 1 is 1.26 bits per heavy atom. The number of hydrogen-bond donors (Lipinski definition) is 2. The Bertz CT molecular complexity index is 465. The number of amides is 1. The van der Waals surface area contributed by atoms with E-state index < -0.39 is 5.97 Å². The summed E-state index contributed by atoms with van der Waals surface area (Å²) in [5, 5.41) is 18.0. The van der Waals surface area contributed by atoms with E-state index >= 15 is 0 Å². The summed E-state index contributed by atoms with van der Waals surface area (Å²) in [4.78, 5) is 25.5. The zero-order valence-corrected chi connectivity index (χ0v) is 11.4. The second-order valence-electron chi connectivity index (χ2n) is 4.63. The summed E-state index contributed by atoms with van der Waals surface area (Å²) in [5.74, 6) is -1.18. The monoisotopic (exact) mass is 283 g/mol. The molecule has 1 heterocycles. The molecule has 1 aromatic rings. The standard InChI is InChI=1S/C13H17NO4S/c15-8-7-14(9-3-1-2-4-9)12(16)10-5-6-11(19-10)13(17)18/h5-6,9,15H,1-4,7-8H2,(H,17,18). The summed E-state index contributed by atoms with van der Waals surface area (Å²) in [5.41, 5.74) is 0. The van der Waals surface area contributed by atoms with Gasteiger partial charge in [0.25, 0.3) is 5.91 Å². The summed E-state index contributed by atoms with van der Waals surface area (Å²) in [6.45, 7) is 0.239. The summed E-state index contributed by atoms with van der Waals surface area (Å²) >= 11 is 0.990. The molecule has 0 aliphatic heterocycles. The molecular weight excluding hydrogens is 266 g/mol. The zero-order valence-electron chi connectivity index (χ0n) is 10.5. The van der Waals surface area contributed by atoms with Gasteiger partial charge in [-0.25, -0.2) is 4.79 Å². The number of rotatable bonds is 5. The lowest BCUT2D eigenvalue weighted by molar-refractivity contribution is 0.0642. The van der Waals surface area contributed by atoms with Crippen molar-refractivity contribution in [3.63, 3.8) is 0 Å². The van der Waals surface area contributed by atoms with Gasteiger partial charge in [0, 0.05) is 12.6 Å². The van der Waals surface area contributed by atoms with Crippen molar-refractivity contribution < 1.29 is 19.8 Å². The molecule has 0 radical (unpaired) electrons. The van der Waals surface area contributed by atoms with E-state index in [0.717, 1.165) is 37.0 Å². The van der Waals surface area contributed by atoms with E-state index in [9.17, 15) is 9.59 Å². The van der Waals surface area contributed by atoms with Gasteiger partial charge < -0.3 is 15.1 Å². The van der Waals surface area contributed by atoms with Crippen molar-refractivity contribution in [2.24, 2.45) is 0 Å². The van der Waals surface area contributed by atoms with Crippen molar-refractivity contribution in [3.8, 4) is 0 Å². The van der Waals surface area contributed by atoms with Gasteiger partial charge >= 0.3 is 5.97 Å². The van der Waals surface area contributed by atoms with Crippen molar-refractivity contribution in [1.29, 1.82) is 0 Å². The van der Waals surface area contributed by atoms with E-state index in [0.29, 0.717) is 11.4 Å². The van der Waals surface area contributed by atoms with Crippen LogP contribution in [0.4, 0.5) is 0 Å². The lowest BCUT2D eigenvalue weighted by Crippen LogP contribution is -2.40. The van der Waals surface area contributed by atoms with Gasteiger partial charge in [-0.15, -0.1) is 11.3 Å². The quantitative estimate of drug-likeness (QED) is 0.864. The molecule has 1 fully saturated rings. The predicted octanol–water partition coefficient (Wildman–Crippen LogP) is 1.82. The van der Waals surface area contributed by atoms with Crippen molar-refractivity contribution in [1.82, 2.24) is 4.90 Å². The van der Waals surface area contributed by atoms with E-state index in [-0.39, 0.29) is 23.4 Å². The molecule has 0 spiro atoms. The van der Waals surface area contributed by atoms with Crippen LogP contribution in [0.5, 0.6) is 0 Å². The molecule has 0 atom stereocenters.